The highest BCUT2D eigenvalue weighted by atomic mass is 16.6. The first-order valence-electron chi connectivity index (χ1n) is 11.1. The predicted molar refractivity (Wildman–Crippen MR) is 115 cm³/mol. The number of hydrogen-bond acceptors (Lipinski definition) is 13. The average Bonchev–Trinajstić information content (AvgIpc) is 3.20. The molecule has 14 nitrogen and oxygen atoms in total. The SMILES string of the molecule is C/C(=C/C(=O)O)c1c(O)c([C@H]2OC(CO)[C@H](O)[C@@H](O)[C@@H]2O)c2c(c1O)[C@H]1O[C@@H](CO)[C@H](O)C(O)[C@@H]1O2. The summed E-state index contributed by atoms with van der Waals surface area (Å²) in [6, 6.07) is 0. The number of carboxylic acid groups (broad SMARTS) is 1. The van der Waals surface area contributed by atoms with E-state index in [0.29, 0.717) is 6.08 Å². The number of aromatic hydroxyl groups is 2. The van der Waals surface area contributed by atoms with Gasteiger partial charge >= 0.3 is 5.97 Å². The summed E-state index contributed by atoms with van der Waals surface area (Å²) in [7, 11) is 0. The molecule has 10 N–H and O–H groups in total. The number of allylic oxidation sites excluding steroid dienone is 1. The number of phenols is 2. The van der Waals surface area contributed by atoms with Crippen LogP contribution >= 0.6 is 0 Å². The van der Waals surface area contributed by atoms with Crippen molar-refractivity contribution in [1.29, 1.82) is 0 Å². The minimum atomic E-state index is -1.90. The van der Waals surface area contributed by atoms with Crippen LogP contribution in [-0.4, -0.2) is 119 Å². The van der Waals surface area contributed by atoms with E-state index in [1.54, 1.807) is 0 Å². The molecule has 2 unspecified atom stereocenters. The van der Waals surface area contributed by atoms with Crippen LogP contribution in [0.15, 0.2) is 6.08 Å². The van der Waals surface area contributed by atoms with Crippen LogP contribution in [0.5, 0.6) is 17.2 Å². The molecule has 3 aliphatic heterocycles. The topological polar surface area (TPSA) is 247 Å². The van der Waals surface area contributed by atoms with Crippen LogP contribution in [0.1, 0.15) is 35.8 Å². The van der Waals surface area contributed by atoms with Crippen molar-refractivity contribution in [2.24, 2.45) is 0 Å². The van der Waals surface area contributed by atoms with Gasteiger partial charge in [-0.25, -0.2) is 4.79 Å². The van der Waals surface area contributed by atoms with Crippen molar-refractivity contribution in [3.05, 3.63) is 22.8 Å². The van der Waals surface area contributed by atoms with E-state index < -0.39 is 103 Å². The van der Waals surface area contributed by atoms with Gasteiger partial charge in [0, 0.05) is 6.08 Å². The highest BCUT2D eigenvalue weighted by Gasteiger charge is 2.55. The third-order valence-corrected chi connectivity index (χ3v) is 6.79. The molecule has 2 saturated heterocycles. The summed E-state index contributed by atoms with van der Waals surface area (Å²) in [4.78, 5) is 11.3. The summed E-state index contributed by atoms with van der Waals surface area (Å²) in [5.41, 5.74) is -1.17. The first-order valence-corrected chi connectivity index (χ1v) is 11.1. The normalized spacial score (nSPS) is 38.3. The van der Waals surface area contributed by atoms with Gasteiger partial charge in [-0.1, -0.05) is 0 Å². The Labute approximate surface area is 203 Å². The number of benzene rings is 1. The van der Waals surface area contributed by atoms with E-state index >= 15 is 0 Å². The first-order chi connectivity index (χ1) is 16.9. The van der Waals surface area contributed by atoms with Gasteiger partial charge < -0.3 is 65.3 Å². The first kappa shape index (κ1) is 26.5. The van der Waals surface area contributed by atoms with Crippen LogP contribution in [-0.2, 0) is 14.3 Å². The number of phenolic OH excluding ortho intramolecular Hbond substituents is 2. The molecule has 4 rings (SSSR count). The van der Waals surface area contributed by atoms with E-state index in [-0.39, 0.29) is 16.9 Å². The molecule has 0 radical (unpaired) electrons. The summed E-state index contributed by atoms with van der Waals surface area (Å²) >= 11 is 0. The van der Waals surface area contributed by atoms with Crippen LogP contribution in [0.2, 0.25) is 0 Å². The zero-order chi connectivity index (χ0) is 26.6. The molecule has 0 aliphatic carbocycles. The van der Waals surface area contributed by atoms with Crippen LogP contribution in [0.3, 0.4) is 0 Å². The maximum Gasteiger partial charge on any atom is 0.328 e. The van der Waals surface area contributed by atoms with Gasteiger partial charge in [-0.2, -0.15) is 0 Å². The third-order valence-electron chi connectivity index (χ3n) is 6.79. The molecule has 36 heavy (non-hydrogen) atoms. The van der Waals surface area contributed by atoms with Crippen molar-refractivity contribution in [1.82, 2.24) is 0 Å². The molecule has 3 aliphatic rings. The lowest BCUT2D eigenvalue weighted by atomic mass is 9.85. The minimum absolute atomic E-state index is 0.148. The van der Waals surface area contributed by atoms with Gasteiger partial charge in [0.2, 0.25) is 0 Å². The highest BCUT2D eigenvalue weighted by molar-refractivity contribution is 5.92. The number of aliphatic hydroxyl groups is 7. The molecule has 2 fully saturated rings. The molecule has 0 spiro atoms. The zero-order valence-corrected chi connectivity index (χ0v) is 18.9. The number of fused-ring (bicyclic) bond motifs is 3. The van der Waals surface area contributed by atoms with Gasteiger partial charge in [-0.05, 0) is 12.5 Å². The van der Waals surface area contributed by atoms with Gasteiger partial charge in [-0.3, -0.25) is 0 Å². The van der Waals surface area contributed by atoms with E-state index in [2.05, 4.69) is 0 Å². The highest BCUT2D eigenvalue weighted by Crippen LogP contribution is 2.58. The van der Waals surface area contributed by atoms with E-state index in [1.807, 2.05) is 0 Å². The second-order valence-corrected chi connectivity index (χ2v) is 8.99. The summed E-state index contributed by atoms with van der Waals surface area (Å²) in [6.07, 6.45) is -15.1. The summed E-state index contributed by atoms with van der Waals surface area (Å²) in [6.45, 7) is -0.234. The number of aliphatic carboxylic acids is 1. The largest absolute Gasteiger partial charge is 0.507 e. The van der Waals surface area contributed by atoms with Crippen molar-refractivity contribution < 1.29 is 70.1 Å². The van der Waals surface area contributed by atoms with Crippen molar-refractivity contribution in [2.45, 2.75) is 68.0 Å². The molecule has 10 atom stereocenters. The fourth-order valence-corrected chi connectivity index (χ4v) is 4.96. The van der Waals surface area contributed by atoms with Gasteiger partial charge in [0.15, 0.2) is 6.10 Å². The van der Waals surface area contributed by atoms with Gasteiger partial charge in [-0.15, -0.1) is 0 Å². The Morgan fingerprint density at radius 2 is 1.31 bits per heavy atom. The molecule has 3 heterocycles. The summed E-state index contributed by atoms with van der Waals surface area (Å²) < 4.78 is 17.0. The quantitative estimate of drug-likeness (QED) is 0.175. The van der Waals surface area contributed by atoms with Crippen molar-refractivity contribution >= 4 is 11.5 Å². The number of rotatable bonds is 5. The van der Waals surface area contributed by atoms with E-state index in [0.717, 1.165) is 0 Å². The Morgan fingerprint density at radius 3 is 1.83 bits per heavy atom. The molecule has 0 bridgehead atoms. The molecule has 0 aromatic heterocycles. The second kappa shape index (κ2) is 9.74. The smallest absolute Gasteiger partial charge is 0.328 e. The van der Waals surface area contributed by atoms with Crippen LogP contribution in [0.25, 0.3) is 5.57 Å². The molecular weight excluding hydrogens is 488 g/mol. The monoisotopic (exact) mass is 516 g/mol. The predicted octanol–water partition coefficient (Wildman–Crippen LogP) is -2.98. The molecule has 1 aromatic carbocycles. The Kier molecular flexibility index (Phi) is 7.18. The number of carbonyl (C=O) groups is 1. The molecule has 14 heteroatoms. The maximum absolute atomic E-state index is 11.3. The van der Waals surface area contributed by atoms with E-state index in [9.17, 15) is 55.9 Å². The number of carboxylic acids is 1. The summed E-state index contributed by atoms with van der Waals surface area (Å²) in [5, 5.41) is 103. The van der Waals surface area contributed by atoms with Crippen molar-refractivity contribution in [3.63, 3.8) is 0 Å². The molecule has 200 valence electrons. The van der Waals surface area contributed by atoms with Crippen molar-refractivity contribution in [3.8, 4) is 17.2 Å². The lowest BCUT2D eigenvalue weighted by molar-refractivity contribution is -0.232. The Hall–Kier alpha value is -2.53. The van der Waals surface area contributed by atoms with Crippen LogP contribution < -0.4 is 4.74 Å². The number of aliphatic hydroxyl groups excluding tert-OH is 7. The zero-order valence-electron chi connectivity index (χ0n) is 18.9. The Balaban J connectivity index is 1.96. The summed E-state index contributed by atoms with van der Waals surface area (Å²) in [5.74, 6) is -3.28. The molecule has 0 amide bonds. The molecular formula is C22H28O14. The molecule has 0 saturated carbocycles. The van der Waals surface area contributed by atoms with Gasteiger partial charge in [0.05, 0.1) is 29.9 Å². The van der Waals surface area contributed by atoms with Crippen LogP contribution in [0, 0.1) is 0 Å². The average molecular weight is 516 g/mol. The standard InChI is InChI=1S/C22H28O14/c1-5(2-8(25)26)9-14(29)10(20-18(33)16(31)12(27)6(3-23)34-20)19-11(15(9)30)21-22(36-19)17(32)13(28)7(4-24)35-21/h2,6-7,12-13,16-18,20-24,27-33H,3-4H2,1H3,(H,25,26)/b5-2-/t6?,7-,12-,13-,16+,17?,18-,20+,21+,22-/m0/s1. The number of ether oxygens (including phenoxy) is 3. The Morgan fingerprint density at radius 1 is 0.806 bits per heavy atom. The van der Waals surface area contributed by atoms with E-state index in [1.165, 1.54) is 6.92 Å². The lowest BCUT2D eigenvalue weighted by Crippen LogP contribution is -2.55. The van der Waals surface area contributed by atoms with Gasteiger partial charge in [0.1, 0.15) is 72.2 Å². The molecule has 1 aromatic rings. The fraction of sp³-hybridized carbons (Fsp3) is 0.591. The maximum atomic E-state index is 11.3. The van der Waals surface area contributed by atoms with E-state index in [4.69, 9.17) is 14.2 Å². The third kappa shape index (κ3) is 4.00. The second-order valence-electron chi connectivity index (χ2n) is 8.99. The van der Waals surface area contributed by atoms with Crippen molar-refractivity contribution in [2.75, 3.05) is 13.2 Å². The van der Waals surface area contributed by atoms with Crippen LogP contribution in [0.4, 0.5) is 0 Å². The fourth-order valence-electron chi connectivity index (χ4n) is 4.96. The number of hydrogen-bond donors (Lipinski definition) is 10. The minimum Gasteiger partial charge on any atom is -0.507 e. The Bertz CT molecular complexity index is 1050. The lowest BCUT2D eigenvalue weighted by Gasteiger charge is -2.40. The van der Waals surface area contributed by atoms with Gasteiger partial charge in [0.25, 0.3) is 0 Å².